The second-order valence-electron chi connectivity index (χ2n) is 3.11. The van der Waals surface area contributed by atoms with Gasteiger partial charge in [-0.25, -0.2) is 9.59 Å². The molecule has 0 fully saturated rings. The number of anilines is 1. The van der Waals surface area contributed by atoms with Crippen LogP contribution in [0.1, 0.15) is 0 Å². The van der Waals surface area contributed by atoms with Gasteiger partial charge in [0.15, 0.2) is 0 Å². The predicted molar refractivity (Wildman–Crippen MR) is 62.7 cm³/mol. The number of hydrogen-bond acceptors (Lipinski definition) is 3. The van der Waals surface area contributed by atoms with Crippen LogP contribution in [0.3, 0.4) is 0 Å². The number of carbonyl (C=O) groups excluding carboxylic acids is 2. The molecule has 1 aromatic carbocycles. The highest BCUT2D eigenvalue weighted by atomic mass is 16.3. The third-order valence-electron chi connectivity index (χ3n) is 1.85. The summed E-state index contributed by atoms with van der Waals surface area (Å²) in [5, 5.41) is 18.7. The molecular weight excluding hydrogens is 224 g/mol. The molecule has 0 aliphatic carbocycles. The van der Waals surface area contributed by atoms with E-state index in [4.69, 9.17) is 5.11 Å². The van der Waals surface area contributed by atoms with Crippen molar-refractivity contribution in [3.05, 3.63) is 24.3 Å². The monoisotopic (exact) mass is 238 g/mol. The number of benzene rings is 1. The number of hydrogen-bond donors (Lipinski definition) is 5. The van der Waals surface area contributed by atoms with Gasteiger partial charge in [0.25, 0.3) is 0 Å². The van der Waals surface area contributed by atoms with Crippen molar-refractivity contribution in [2.75, 3.05) is 19.0 Å². The van der Waals surface area contributed by atoms with Crippen LogP contribution in [0.2, 0.25) is 0 Å². The predicted octanol–water partition coefficient (Wildman–Crippen LogP) is 0.400. The standard InChI is InChI=1S/C10H14N4O3/c1-11-9(16)12-6-13-10(17)14-7-2-4-8(15)5-3-7/h2-5,15H,6H2,1H3,(H2,11,12,16)(H2,13,14,17). The van der Waals surface area contributed by atoms with Crippen molar-refractivity contribution in [2.45, 2.75) is 0 Å². The molecule has 92 valence electrons. The van der Waals surface area contributed by atoms with Crippen molar-refractivity contribution < 1.29 is 14.7 Å². The van der Waals surface area contributed by atoms with Crippen LogP contribution >= 0.6 is 0 Å². The minimum Gasteiger partial charge on any atom is -0.508 e. The number of amides is 4. The summed E-state index contributed by atoms with van der Waals surface area (Å²) in [6, 6.07) is 5.20. The van der Waals surface area contributed by atoms with Crippen molar-refractivity contribution in [3.63, 3.8) is 0 Å². The Morgan fingerprint density at radius 3 is 2.29 bits per heavy atom. The number of rotatable bonds is 3. The highest BCUT2D eigenvalue weighted by Gasteiger charge is 2.01. The zero-order chi connectivity index (χ0) is 12.7. The molecule has 0 heterocycles. The first-order valence-corrected chi connectivity index (χ1v) is 4.91. The van der Waals surface area contributed by atoms with Gasteiger partial charge in [0.1, 0.15) is 5.75 Å². The molecule has 1 aromatic rings. The van der Waals surface area contributed by atoms with E-state index < -0.39 is 6.03 Å². The summed E-state index contributed by atoms with van der Waals surface area (Å²) in [7, 11) is 1.48. The van der Waals surface area contributed by atoms with Crippen LogP contribution in [0.5, 0.6) is 5.75 Å². The average molecular weight is 238 g/mol. The minimum absolute atomic E-state index is 0.0175. The minimum atomic E-state index is -0.452. The van der Waals surface area contributed by atoms with Gasteiger partial charge < -0.3 is 26.4 Å². The fourth-order valence-electron chi connectivity index (χ4n) is 1.01. The molecule has 7 heteroatoms. The molecule has 0 aliphatic rings. The van der Waals surface area contributed by atoms with Crippen LogP contribution in [0.15, 0.2) is 24.3 Å². The first-order chi connectivity index (χ1) is 8.11. The zero-order valence-corrected chi connectivity index (χ0v) is 9.28. The maximum absolute atomic E-state index is 11.3. The molecule has 0 saturated carbocycles. The molecule has 0 unspecified atom stereocenters. The summed E-state index contributed by atoms with van der Waals surface area (Å²) in [5.41, 5.74) is 0.542. The van der Waals surface area contributed by atoms with Gasteiger partial charge >= 0.3 is 12.1 Å². The van der Waals surface area contributed by atoms with Gasteiger partial charge in [0, 0.05) is 12.7 Å². The summed E-state index contributed by atoms with van der Waals surface area (Å²) < 4.78 is 0. The maximum Gasteiger partial charge on any atom is 0.320 e. The third-order valence-corrected chi connectivity index (χ3v) is 1.85. The lowest BCUT2D eigenvalue weighted by Gasteiger charge is -2.08. The van der Waals surface area contributed by atoms with E-state index in [2.05, 4.69) is 21.3 Å². The Hall–Kier alpha value is -2.44. The lowest BCUT2D eigenvalue weighted by molar-refractivity contribution is 0.240. The molecule has 0 aliphatic heterocycles. The largest absolute Gasteiger partial charge is 0.508 e. The van der Waals surface area contributed by atoms with Gasteiger partial charge in [-0.15, -0.1) is 0 Å². The van der Waals surface area contributed by atoms with Crippen molar-refractivity contribution in [1.29, 1.82) is 0 Å². The molecule has 0 aromatic heterocycles. The average Bonchev–Trinajstić information content (AvgIpc) is 2.32. The second-order valence-corrected chi connectivity index (χ2v) is 3.11. The van der Waals surface area contributed by atoms with E-state index in [1.54, 1.807) is 12.1 Å². The van der Waals surface area contributed by atoms with E-state index in [0.717, 1.165) is 0 Å². The molecule has 0 atom stereocenters. The SMILES string of the molecule is CNC(=O)NCNC(=O)Nc1ccc(O)cc1. The lowest BCUT2D eigenvalue weighted by atomic mass is 10.3. The first-order valence-electron chi connectivity index (χ1n) is 4.91. The fraction of sp³-hybridized carbons (Fsp3) is 0.200. The summed E-state index contributed by atoms with van der Waals surface area (Å²) in [6.45, 7) is 0.0175. The van der Waals surface area contributed by atoms with E-state index in [1.165, 1.54) is 19.2 Å². The van der Waals surface area contributed by atoms with Crippen molar-refractivity contribution in [1.82, 2.24) is 16.0 Å². The molecule has 0 radical (unpaired) electrons. The van der Waals surface area contributed by atoms with Gasteiger partial charge in [-0.1, -0.05) is 0 Å². The van der Waals surface area contributed by atoms with Gasteiger partial charge in [-0.2, -0.15) is 0 Å². The number of phenols is 1. The van der Waals surface area contributed by atoms with E-state index in [1.807, 2.05) is 0 Å². The Morgan fingerprint density at radius 2 is 1.71 bits per heavy atom. The normalized spacial score (nSPS) is 9.24. The summed E-state index contributed by atoms with van der Waals surface area (Å²) in [5.74, 6) is 0.122. The Bertz CT molecular complexity index is 391. The quantitative estimate of drug-likeness (QED) is 0.389. The Morgan fingerprint density at radius 1 is 1.12 bits per heavy atom. The summed E-state index contributed by atoms with van der Waals surface area (Å²) in [4.78, 5) is 22.1. The van der Waals surface area contributed by atoms with Crippen LogP contribution in [-0.2, 0) is 0 Å². The Balaban J connectivity index is 2.30. The first kappa shape index (κ1) is 12.6. The number of carbonyl (C=O) groups is 2. The zero-order valence-electron chi connectivity index (χ0n) is 9.28. The number of nitrogens with one attached hydrogen (secondary N) is 4. The van der Waals surface area contributed by atoms with E-state index in [9.17, 15) is 9.59 Å². The van der Waals surface area contributed by atoms with Crippen LogP contribution in [0.25, 0.3) is 0 Å². The van der Waals surface area contributed by atoms with Crippen LogP contribution in [0, 0.1) is 0 Å². The maximum atomic E-state index is 11.3. The smallest absolute Gasteiger partial charge is 0.320 e. The van der Waals surface area contributed by atoms with Gasteiger partial charge in [-0.05, 0) is 24.3 Å². The van der Waals surface area contributed by atoms with E-state index in [0.29, 0.717) is 5.69 Å². The van der Waals surface area contributed by atoms with E-state index >= 15 is 0 Å². The summed E-state index contributed by atoms with van der Waals surface area (Å²) >= 11 is 0. The van der Waals surface area contributed by atoms with Crippen LogP contribution in [-0.4, -0.2) is 30.9 Å². The van der Waals surface area contributed by atoms with Crippen molar-refractivity contribution in [2.24, 2.45) is 0 Å². The second kappa shape index (κ2) is 6.21. The topological polar surface area (TPSA) is 102 Å². The number of phenolic OH excluding ortho intramolecular Hbond substituents is 1. The molecule has 4 amide bonds. The highest BCUT2D eigenvalue weighted by Crippen LogP contribution is 2.13. The third kappa shape index (κ3) is 4.74. The molecule has 0 saturated heterocycles. The number of aromatic hydroxyl groups is 1. The Kier molecular flexibility index (Phi) is 4.61. The highest BCUT2D eigenvalue weighted by molar-refractivity contribution is 5.89. The van der Waals surface area contributed by atoms with Crippen LogP contribution in [0.4, 0.5) is 15.3 Å². The van der Waals surface area contributed by atoms with Gasteiger partial charge in [0.2, 0.25) is 0 Å². The Labute approximate surface area is 98.2 Å². The van der Waals surface area contributed by atoms with Crippen molar-refractivity contribution >= 4 is 17.7 Å². The molecule has 1 rings (SSSR count). The van der Waals surface area contributed by atoms with Gasteiger partial charge in [-0.3, -0.25) is 0 Å². The molecule has 0 bridgehead atoms. The molecule has 7 nitrogen and oxygen atoms in total. The fourth-order valence-corrected chi connectivity index (χ4v) is 1.01. The summed E-state index contributed by atoms with van der Waals surface area (Å²) in [6.07, 6.45) is 0. The molecular formula is C10H14N4O3. The van der Waals surface area contributed by atoms with Crippen molar-refractivity contribution in [3.8, 4) is 5.75 Å². The van der Waals surface area contributed by atoms with Gasteiger partial charge in [0.05, 0.1) is 6.67 Å². The number of urea groups is 2. The molecule has 17 heavy (non-hydrogen) atoms. The molecule has 0 spiro atoms. The lowest BCUT2D eigenvalue weighted by Crippen LogP contribution is -2.42. The van der Waals surface area contributed by atoms with E-state index in [-0.39, 0.29) is 18.4 Å². The van der Waals surface area contributed by atoms with Crippen LogP contribution < -0.4 is 21.3 Å². The molecule has 5 N–H and O–H groups in total.